The van der Waals surface area contributed by atoms with Crippen molar-refractivity contribution in [2.45, 2.75) is 0 Å². The van der Waals surface area contributed by atoms with Crippen molar-refractivity contribution in [3.63, 3.8) is 0 Å². The van der Waals surface area contributed by atoms with Crippen molar-refractivity contribution in [2.24, 2.45) is 0 Å². The van der Waals surface area contributed by atoms with E-state index in [0.717, 1.165) is 0 Å². The van der Waals surface area contributed by atoms with Gasteiger partial charge in [0.25, 0.3) is 5.91 Å². The van der Waals surface area contributed by atoms with Gasteiger partial charge < -0.3 is 10.1 Å². The van der Waals surface area contributed by atoms with Crippen molar-refractivity contribution in [2.75, 3.05) is 11.9 Å². The second kappa shape index (κ2) is 7.37. The molecule has 1 N–H and O–H groups in total. The number of benzene rings is 2. The molecule has 2 aromatic rings. The summed E-state index contributed by atoms with van der Waals surface area (Å²) in [6.45, 7) is -0.214. The van der Waals surface area contributed by atoms with Crippen LogP contribution in [-0.2, 0) is 4.79 Å². The second-order valence-corrected chi connectivity index (χ2v) is 5.53. The quantitative estimate of drug-likeness (QED) is 0.876. The molecule has 112 valence electrons. The lowest BCUT2D eigenvalue weighted by molar-refractivity contribution is -0.118. The van der Waals surface area contributed by atoms with Crippen molar-refractivity contribution in [1.82, 2.24) is 0 Å². The molecule has 22 heavy (non-hydrogen) atoms. The molecule has 0 fully saturated rings. The summed E-state index contributed by atoms with van der Waals surface area (Å²) in [6.07, 6.45) is 0. The molecule has 0 unspecified atom stereocenters. The number of hydrogen-bond donors (Lipinski definition) is 1. The Hall–Kier alpha value is -1.93. The maximum atomic E-state index is 11.8. The molecule has 0 spiro atoms. The topological polar surface area (TPSA) is 62.1 Å². The van der Waals surface area contributed by atoms with Crippen LogP contribution in [0.4, 0.5) is 5.69 Å². The number of rotatable bonds is 4. The van der Waals surface area contributed by atoms with Gasteiger partial charge in [0.05, 0.1) is 10.6 Å². The maximum absolute atomic E-state index is 11.8. The van der Waals surface area contributed by atoms with E-state index in [1.165, 1.54) is 12.1 Å². The predicted octanol–water partition coefficient (Wildman–Crippen LogP) is 4.54. The van der Waals surface area contributed by atoms with Gasteiger partial charge in [0.1, 0.15) is 11.8 Å². The molecule has 0 bridgehead atoms. The van der Waals surface area contributed by atoms with Gasteiger partial charge in [-0.1, -0.05) is 34.8 Å². The molecule has 0 aliphatic rings. The fourth-order valence-electron chi connectivity index (χ4n) is 1.64. The Morgan fingerprint density at radius 1 is 1.14 bits per heavy atom. The Morgan fingerprint density at radius 2 is 1.82 bits per heavy atom. The number of carbonyl (C=O) groups excluding carboxylic acids is 1. The Labute approximate surface area is 142 Å². The van der Waals surface area contributed by atoms with Crippen molar-refractivity contribution < 1.29 is 9.53 Å². The number of nitrogens with one attached hydrogen (secondary N) is 1. The summed E-state index contributed by atoms with van der Waals surface area (Å²) in [6, 6.07) is 11.2. The largest absolute Gasteiger partial charge is 0.484 e. The van der Waals surface area contributed by atoms with E-state index in [2.05, 4.69) is 5.32 Å². The molecule has 0 aliphatic heterocycles. The van der Waals surface area contributed by atoms with E-state index in [1.54, 1.807) is 24.3 Å². The lowest BCUT2D eigenvalue weighted by Crippen LogP contribution is -2.20. The molecule has 4 nitrogen and oxygen atoms in total. The van der Waals surface area contributed by atoms with Crippen LogP contribution in [0.15, 0.2) is 36.4 Å². The molecular weight excluding hydrogens is 347 g/mol. The molecule has 0 saturated heterocycles. The molecule has 1 amide bonds. The molecule has 0 aliphatic carbocycles. The zero-order chi connectivity index (χ0) is 16.1. The summed E-state index contributed by atoms with van der Waals surface area (Å²) < 4.78 is 5.31. The van der Waals surface area contributed by atoms with Gasteiger partial charge in [0.2, 0.25) is 0 Å². The molecule has 2 rings (SSSR count). The van der Waals surface area contributed by atoms with Crippen LogP contribution in [0, 0.1) is 11.3 Å². The van der Waals surface area contributed by atoms with Gasteiger partial charge in [0.15, 0.2) is 6.61 Å². The minimum absolute atomic E-state index is 0.214. The van der Waals surface area contributed by atoms with Crippen LogP contribution in [0.2, 0.25) is 15.1 Å². The highest BCUT2D eigenvalue weighted by Gasteiger charge is 2.07. The van der Waals surface area contributed by atoms with Crippen molar-refractivity contribution in [3.8, 4) is 11.8 Å². The van der Waals surface area contributed by atoms with Crippen LogP contribution < -0.4 is 10.1 Å². The van der Waals surface area contributed by atoms with E-state index in [-0.39, 0.29) is 17.5 Å². The third-order valence-corrected chi connectivity index (χ3v) is 3.33. The number of nitriles is 1. The smallest absolute Gasteiger partial charge is 0.262 e. The summed E-state index contributed by atoms with van der Waals surface area (Å²) in [4.78, 5) is 11.8. The average molecular weight is 356 g/mol. The van der Waals surface area contributed by atoms with E-state index in [9.17, 15) is 4.79 Å². The monoisotopic (exact) mass is 354 g/mol. The number of carbonyl (C=O) groups is 1. The van der Waals surface area contributed by atoms with Crippen LogP contribution in [0.1, 0.15) is 5.56 Å². The van der Waals surface area contributed by atoms with Gasteiger partial charge in [-0.25, -0.2) is 0 Å². The van der Waals surface area contributed by atoms with Gasteiger partial charge >= 0.3 is 0 Å². The summed E-state index contributed by atoms with van der Waals surface area (Å²) in [5.74, 6) is 0.0161. The molecule has 2 aromatic carbocycles. The van der Waals surface area contributed by atoms with Crippen molar-refractivity contribution in [1.29, 1.82) is 5.26 Å². The van der Waals surface area contributed by atoms with Crippen molar-refractivity contribution >= 4 is 46.4 Å². The molecule has 0 heterocycles. The number of ether oxygens (including phenoxy) is 1. The number of anilines is 1. The second-order valence-electron chi connectivity index (χ2n) is 4.25. The summed E-state index contributed by atoms with van der Waals surface area (Å²) in [7, 11) is 0. The van der Waals surface area contributed by atoms with Gasteiger partial charge in [-0.05, 0) is 36.4 Å². The van der Waals surface area contributed by atoms with E-state index in [1.807, 2.05) is 6.07 Å². The van der Waals surface area contributed by atoms with E-state index in [0.29, 0.717) is 27.0 Å². The fraction of sp³-hybridized carbons (Fsp3) is 0.0667. The zero-order valence-electron chi connectivity index (χ0n) is 11.1. The first-order valence-electron chi connectivity index (χ1n) is 6.06. The molecule has 0 aromatic heterocycles. The van der Waals surface area contributed by atoms with Gasteiger partial charge in [-0.3, -0.25) is 4.79 Å². The Bertz CT molecular complexity index is 737. The van der Waals surface area contributed by atoms with Crippen LogP contribution in [0.5, 0.6) is 5.75 Å². The first-order valence-corrected chi connectivity index (χ1v) is 7.20. The zero-order valence-corrected chi connectivity index (χ0v) is 13.3. The lowest BCUT2D eigenvalue weighted by atomic mass is 10.2. The Balaban J connectivity index is 1.96. The van der Waals surface area contributed by atoms with Crippen LogP contribution >= 0.6 is 34.8 Å². The maximum Gasteiger partial charge on any atom is 0.262 e. The van der Waals surface area contributed by atoms with E-state index < -0.39 is 0 Å². The molecule has 0 radical (unpaired) electrons. The Morgan fingerprint density at radius 3 is 2.41 bits per heavy atom. The minimum atomic E-state index is -0.378. The number of amides is 1. The van der Waals surface area contributed by atoms with Crippen molar-refractivity contribution in [3.05, 3.63) is 57.0 Å². The number of hydrogen-bond acceptors (Lipinski definition) is 3. The van der Waals surface area contributed by atoms with Gasteiger partial charge in [0, 0.05) is 15.7 Å². The average Bonchev–Trinajstić information content (AvgIpc) is 2.44. The van der Waals surface area contributed by atoms with Crippen LogP contribution in [0.3, 0.4) is 0 Å². The molecule has 7 heteroatoms. The van der Waals surface area contributed by atoms with Crippen LogP contribution in [-0.4, -0.2) is 12.5 Å². The highest BCUT2D eigenvalue weighted by Crippen LogP contribution is 2.24. The molecule has 0 atom stereocenters. The fourth-order valence-corrected chi connectivity index (χ4v) is 2.37. The SMILES string of the molecule is N#Cc1ccc(NC(=O)COc2cc(Cl)cc(Cl)c2)cc1Cl. The predicted molar refractivity (Wildman–Crippen MR) is 86.8 cm³/mol. The van der Waals surface area contributed by atoms with Crippen LogP contribution in [0.25, 0.3) is 0 Å². The molecule has 0 saturated carbocycles. The van der Waals surface area contributed by atoms with E-state index in [4.69, 9.17) is 44.8 Å². The molecular formula is C15H9Cl3N2O2. The Kier molecular flexibility index (Phi) is 5.51. The third-order valence-electron chi connectivity index (χ3n) is 2.58. The van der Waals surface area contributed by atoms with E-state index >= 15 is 0 Å². The normalized spacial score (nSPS) is 9.91. The van der Waals surface area contributed by atoms with Gasteiger partial charge in [-0.15, -0.1) is 0 Å². The lowest BCUT2D eigenvalue weighted by Gasteiger charge is -2.09. The first-order chi connectivity index (χ1) is 10.5. The highest BCUT2D eigenvalue weighted by molar-refractivity contribution is 6.34. The summed E-state index contributed by atoms with van der Waals surface area (Å²) in [5.41, 5.74) is 0.811. The summed E-state index contributed by atoms with van der Waals surface area (Å²) in [5, 5.41) is 12.5. The number of halogens is 3. The summed E-state index contributed by atoms with van der Waals surface area (Å²) >= 11 is 17.6. The van der Waals surface area contributed by atoms with Gasteiger partial charge in [-0.2, -0.15) is 5.26 Å². The standard InChI is InChI=1S/C15H9Cl3N2O2/c16-10-3-11(17)5-13(4-10)22-8-15(21)20-12-2-1-9(7-19)14(18)6-12/h1-6H,8H2,(H,20,21). The third kappa shape index (κ3) is 4.54. The highest BCUT2D eigenvalue weighted by atomic mass is 35.5. The number of nitrogens with zero attached hydrogens (tertiary/aromatic N) is 1. The first kappa shape index (κ1) is 16.4. The minimum Gasteiger partial charge on any atom is -0.484 e.